The number of rotatable bonds is 7. The Morgan fingerprint density at radius 2 is 2.00 bits per heavy atom. The lowest BCUT2D eigenvalue weighted by molar-refractivity contribution is -0.123. The first kappa shape index (κ1) is 25.2. The number of carbonyl (C=O) groups is 1. The van der Waals surface area contributed by atoms with Gasteiger partial charge in [-0.1, -0.05) is 23.5 Å². The van der Waals surface area contributed by atoms with E-state index < -0.39 is 21.8 Å². The lowest BCUT2D eigenvalue weighted by Crippen LogP contribution is -2.46. The molecule has 0 bridgehead atoms. The molecule has 8 nitrogen and oxygen atoms in total. The molecule has 2 aromatic heterocycles. The van der Waals surface area contributed by atoms with Gasteiger partial charge in [-0.3, -0.25) is 14.7 Å². The van der Waals surface area contributed by atoms with Crippen molar-refractivity contribution in [2.75, 3.05) is 25.1 Å². The molecule has 1 aliphatic heterocycles. The third-order valence-electron chi connectivity index (χ3n) is 6.35. The summed E-state index contributed by atoms with van der Waals surface area (Å²) in [6.07, 6.45) is 4.39. The molecule has 1 saturated heterocycles. The number of halogens is 1. The molecule has 1 aliphatic rings. The van der Waals surface area contributed by atoms with E-state index in [0.29, 0.717) is 35.0 Å². The number of thiazole rings is 1. The number of nitrogens with zero attached hydrogens (tertiary/aromatic N) is 4. The molecule has 1 unspecified atom stereocenters. The highest BCUT2D eigenvalue weighted by Crippen LogP contribution is 2.34. The van der Waals surface area contributed by atoms with Gasteiger partial charge in [-0.15, -0.1) is 0 Å². The Labute approximate surface area is 218 Å². The predicted octanol–water partition coefficient (Wildman–Crippen LogP) is 4.47. The van der Waals surface area contributed by atoms with Crippen LogP contribution in [0.4, 0.5) is 9.52 Å². The van der Waals surface area contributed by atoms with Gasteiger partial charge in [-0.2, -0.15) is 4.31 Å². The summed E-state index contributed by atoms with van der Waals surface area (Å²) in [5.74, 6) is -0.722. The maximum Gasteiger partial charge on any atom is 0.243 e. The van der Waals surface area contributed by atoms with Crippen molar-refractivity contribution >= 4 is 42.6 Å². The SMILES string of the molecule is COc1ccc(S(=O)(=O)N2CCCC(C(=O)N(Cc3cccnc3)c3nc4c(F)cccc4s3)C2)cc1. The quantitative estimate of drug-likeness (QED) is 0.343. The number of ether oxygens (including phenoxy) is 1. The third kappa shape index (κ3) is 5.20. The fourth-order valence-electron chi connectivity index (χ4n) is 4.41. The molecular formula is C26H25FN4O4S2. The molecule has 11 heteroatoms. The van der Waals surface area contributed by atoms with E-state index in [2.05, 4.69) is 9.97 Å². The molecule has 3 heterocycles. The molecule has 4 aromatic rings. The number of benzene rings is 2. The van der Waals surface area contributed by atoms with E-state index >= 15 is 0 Å². The molecule has 0 saturated carbocycles. The normalized spacial score (nSPS) is 16.5. The summed E-state index contributed by atoms with van der Waals surface area (Å²) in [7, 11) is -2.28. The van der Waals surface area contributed by atoms with E-state index in [-0.39, 0.29) is 29.4 Å². The Morgan fingerprint density at radius 1 is 1.19 bits per heavy atom. The molecule has 2 aromatic carbocycles. The zero-order valence-electron chi connectivity index (χ0n) is 20.1. The molecule has 1 atom stereocenters. The van der Waals surface area contributed by atoms with Crippen molar-refractivity contribution in [1.82, 2.24) is 14.3 Å². The van der Waals surface area contributed by atoms with Crippen LogP contribution in [-0.4, -0.2) is 48.8 Å². The Morgan fingerprint density at radius 3 is 2.70 bits per heavy atom. The van der Waals surface area contributed by atoms with E-state index in [0.717, 1.165) is 5.56 Å². The Hall–Kier alpha value is -3.41. The van der Waals surface area contributed by atoms with Crippen LogP contribution in [0.3, 0.4) is 0 Å². The zero-order chi connectivity index (χ0) is 26.0. The van der Waals surface area contributed by atoms with Gasteiger partial charge in [0, 0.05) is 25.5 Å². The smallest absolute Gasteiger partial charge is 0.243 e. The second kappa shape index (κ2) is 10.5. The summed E-state index contributed by atoms with van der Waals surface area (Å²) in [4.78, 5) is 24.1. The Kier molecular flexibility index (Phi) is 7.18. The second-order valence-electron chi connectivity index (χ2n) is 8.75. The van der Waals surface area contributed by atoms with Crippen molar-refractivity contribution in [3.8, 4) is 5.75 Å². The summed E-state index contributed by atoms with van der Waals surface area (Å²) < 4.78 is 48.2. The van der Waals surface area contributed by atoms with Gasteiger partial charge in [-0.25, -0.2) is 17.8 Å². The lowest BCUT2D eigenvalue weighted by atomic mass is 9.98. The number of aromatic nitrogens is 2. The molecule has 192 valence electrons. The summed E-state index contributed by atoms with van der Waals surface area (Å²) in [6, 6.07) is 14.5. The van der Waals surface area contributed by atoms with Crippen molar-refractivity contribution in [3.63, 3.8) is 0 Å². The van der Waals surface area contributed by atoms with Crippen LogP contribution in [-0.2, 0) is 21.4 Å². The zero-order valence-corrected chi connectivity index (χ0v) is 21.7. The summed E-state index contributed by atoms with van der Waals surface area (Å²) in [5.41, 5.74) is 0.993. The minimum Gasteiger partial charge on any atom is -0.497 e. The van der Waals surface area contributed by atoms with E-state index in [1.165, 1.54) is 45.9 Å². The Bertz CT molecular complexity index is 1510. The number of pyridine rings is 1. The number of hydrogen-bond donors (Lipinski definition) is 0. The van der Waals surface area contributed by atoms with Gasteiger partial charge in [-0.05, 0) is 60.9 Å². The molecule has 37 heavy (non-hydrogen) atoms. The molecule has 0 spiro atoms. The minimum atomic E-state index is -3.79. The minimum absolute atomic E-state index is 0.0516. The maximum absolute atomic E-state index is 14.4. The van der Waals surface area contributed by atoms with Gasteiger partial charge in [0.1, 0.15) is 17.1 Å². The van der Waals surface area contributed by atoms with Gasteiger partial charge < -0.3 is 4.74 Å². The van der Waals surface area contributed by atoms with E-state index in [4.69, 9.17) is 4.74 Å². The monoisotopic (exact) mass is 540 g/mol. The van der Waals surface area contributed by atoms with E-state index in [1.54, 1.807) is 42.7 Å². The van der Waals surface area contributed by atoms with Gasteiger partial charge in [0.15, 0.2) is 5.13 Å². The number of sulfonamides is 1. The van der Waals surface area contributed by atoms with Crippen molar-refractivity contribution in [2.24, 2.45) is 5.92 Å². The Balaban J connectivity index is 1.44. The van der Waals surface area contributed by atoms with E-state index in [9.17, 15) is 17.6 Å². The molecule has 0 radical (unpaired) electrons. The van der Waals surface area contributed by atoms with Gasteiger partial charge in [0.05, 0.1) is 29.2 Å². The van der Waals surface area contributed by atoms with Crippen molar-refractivity contribution in [1.29, 1.82) is 0 Å². The van der Waals surface area contributed by atoms with Crippen LogP contribution < -0.4 is 9.64 Å². The average molecular weight is 541 g/mol. The van der Waals surface area contributed by atoms with Gasteiger partial charge >= 0.3 is 0 Å². The first-order valence-electron chi connectivity index (χ1n) is 11.8. The highest BCUT2D eigenvalue weighted by atomic mass is 32.2. The molecule has 0 N–H and O–H groups in total. The largest absolute Gasteiger partial charge is 0.497 e. The van der Waals surface area contributed by atoms with Crippen LogP contribution in [0.2, 0.25) is 0 Å². The van der Waals surface area contributed by atoms with Crippen LogP contribution in [0.5, 0.6) is 5.75 Å². The fraction of sp³-hybridized carbons (Fsp3) is 0.269. The molecule has 1 fully saturated rings. The number of piperidine rings is 1. The highest BCUT2D eigenvalue weighted by molar-refractivity contribution is 7.89. The number of hydrogen-bond acceptors (Lipinski definition) is 7. The predicted molar refractivity (Wildman–Crippen MR) is 139 cm³/mol. The van der Waals surface area contributed by atoms with Gasteiger partial charge in [0.25, 0.3) is 0 Å². The second-order valence-corrected chi connectivity index (χ2v) is 11.7. The summed E-state index contributed by atoms with van der Waals surface area (Å²) in [6.45, 7) is 0.568. The maximum atomic E-state index is 14.4. The van der Waals surface area contributed by atoms with Crippen molar-refractivity contribution < 1.29 is 22.3 Å². The average Bonchev–Trinajstić information content (AvgIpc) is 3.37. The highest BCUT2D eigenvalue weighted by Gasteiger charge is 2.36. The third-order valence-corrected chi connectivity index (χ3v) is 9.27. The molecule has 0 aliphatic carbocycles. The summed E-state index contributed by atoms with van der Waals surface area (Å²) >= 11 is 1.23. The number of anilines is 1. The number of carbonyl (C=O) groups excluding carboxylic acids is 1. The van der Waals surface area contributed by atoms with Crippen LogP contribution in [0.1, 0.15) is 18.4 Å². The number of amides is 1. The standard InChI is InChI=1S/C26H25FN4O4S2/c1-35-20-9-11-21(12-10-20)37(33,34)30-14-4-6-19(17-30)25(32)31(16-18-5-3-13-28-15-18)26-29-24-22(27)7-2-8-23(24)36-26/h2-3,5,7-13,15,19H,4,6,14,16-17H2,1H3. The topological polar surface area (TPSA) is 92.7 Å². The molecular weight excluding hydrogens is 515 g/mol. The fourth-order valence-corrected chi connectivity index (χ4v) is 6.92. The molecule has 1 amide bonds. The lowest BCUT2D eigenvalue weighted by Gasteiger charge is -2.33. The number of fused-ring (bicyclic) bond motifs is 1. The van der Waals surface area contributed by atoms with E-state index in [1.807, 2.05) is 6.07 Å². The van der Waals surface area contributed by atoms with Crippen LogP contribution in [0, 0.1) is 11.7 Å². The van der Waals surface area contributed by atoms with Crippen molar-refractivity contribution in [2.45, 2.75) is 24.3 Å². The van der Waals surface area contributed by atoms with Crippen LogP contribution in [0.25, 0.3) is 10.2 Å². The van der Waals surface area contributed by atoms with Crippen molar-refractivity contribution in [3.05, 3.63) is 78.4 Å². The molecule has 5 rings (SSSR count). The number of methoxy groups -OCH3 is 1. The first-order valence-corrected chi connectivity index (χ1v) is 14.0. The first-order chi connectivity index (χ1) is 17.9. The van der Waals surface area contributed by atoms with Gasteiger partial charge in [0.2, 0.25) is 15.9 Å². The summed E-state index contributed by atoms with van der Waals surface area (Å²) in [5, 5.41) is 0.365. The van der Waals surface area contributed by atoms with Crippen LogP contribution >= 0.6 is 11.3 Å². The van der Waals surface area contributed by atoms with Crippen LogP contribution in [0.15, 0.2) is 71.9 Å². The number of para-hydroxylation sites is 1.